The second-order valence-electron chi connectivity index (χ2n) is 5.29. The number of halogens is 2. The third kappa shape index (κ3) is 3.05. The molecule has 110 valence electrons. The van der Waals surface area contributed by atoms with E-state index in [1.807, 2.05) is 12.1 Å². The first-order chi connectivity index (χ1) is 10.1. The zero-order valence-electron chi connectivity index (χ0n) is 11.5. The summed E-state index contributed by atoms with van der Waals surface area (Å²) in [5.74, 6) is -0.555. The Balaban J connectivity index is 1.87. The Morgan fingerprint density at radius 1 is 1.14 bits per heavy atom. The van der Waals surface area contributed by atoms with Crippen LogP contribution in [0.3, 0.4) is 0 Å². The zero-order valence-corrected chi connectivity index (χ0v) is 11.5. The van der Waals surface area contributed by atoms with Crippen LogP contribution in [0.15, 0.2) is 36.4 Å². The molecular formula is C17H16F2O2. The number of para-hydroxylation sites is 1. The van der Waals surface area contributed by atoms with Crippen molar-refractivity contribution in [3.8, 4) is 5.75 Å². The van der Waals surface area contributed by atoms with E-state index in [4.69, 9.17) is 4.74 Å². The highest BCUT2D eigenvalue weighted by Gasteiger charge is 2.20. The Morgan fingerprint density at radius 3 is 2.67 bits per heavy atom. The molecule has 0 fully saturated rings. The Morgan fingerprint density at radius 2 is 1.90 bits per heavy atom. The van der Waals surface area contributed by atoms with Gasteiger partial charge in [-0.3, -0.25) is 0 Å². The van der Waals surface area contributed by atoms with E-state index in [9.17, 15) is 13.9 Å². The summed E-state index contributed by atoms with van der Waals surface area (Å²) in [5.41, 5.74) is 2.17. The van der Waals surface area contributed by atoms with E-state index >= 15 is 0 Å². The van der Waals surface area contributed by atoms with Crippen molar-refractivity contribution < 1.29 is 18.6 Å². The second kappa shape index (κ2) is 5.82. The first kappa shape index (κ1) is 14.0. The quantitative estimate of drug-likeness (QED) is 0.936. The summed E-state index contributed by atoms with van der Waals surface area (Å²) in [7, 11) is 0. The summed E-state index contributed by atoms with van der Waals surface area (Å²) in [5, 5.41) is 10.4. The van der Waals surface area contributed by atoms with Crippen LogP contribution in [0.25, 0.3) is 0 Å². The first-order valence-corrected chi connectivity index (χ1v) is 7.01. The minimum absolute atomic E-state index is 0.147. The van der Waals surface area contributed by atoms with Gasteiger partial charge in [0.05, 0.1) is 12.7 Å². The standard InChI is InChI=1S/C17H16F2O2/c18-13-7-11(8-14(19)10-13)9-16(20)15-5-1-3-12-4-2-6-21-17(12)15/h1,3,5,7-8,10,16,20H,2,4,6,9H2. The summed E-state index contributed by atoms with van der Waals surface area (Å²) >= 11 is 0. The Bertz CT molecular complexity index is 635. The van der Waals surface area contributed by atoms with Crippen molar-refractivity contribution >= 4 is 0 Å². The molecule has 1 heterocycles. The number of benzene rings is 2. The van der Waals surface area contributed by atoms with E-state index in [0.717, 1.165) is 24.5 Å². The molecule has 1 atom stereocenters. The van der Waals surface area contributed by atoms with Crippen molar-refractivity contribution in [3.05, 3.63) is 64.7 Å². The average molecular weight is 290 g/mol. The lowest BCUT2D eigenvalue weighted by Crippen LogP contribution is -2.13. The number of ether oxygens (including phenoxy) is 1. The van der Waals surface area contributed by atoms with E-state index in [1.54, 1.807) is 6.07 Å². The van der Waals surface area contributed by atoms with Gasteiger partial charge in [-0.05, 0) is 36.1 Å². The summed E-state index contributed by atoms with van der Waals surface area (Å²) in [4.78, 5) is 0. The van der Waals surface area contributed by atoms with Crippen molar-refractivity contribution in [2.45, 2.75) is 25.4 Å². The zero-order chi connectivity index (χ0) is 14.8. The lowest BCUT2D eigenvalue weighted by molar-refractivity contribution is 0.169. The first-order valence-electron chi connectivity index (χ1n) is 7.01. The highest BCUT2D eigenvalue weighted by molar-refractivity contribution is 5.44. The Hall–Kier alpha value is -1.94. The molecule has 2 aromatic carbocycles. The third-order valence-electron chi connectivity index (χ3n) is 3.67. The number of aliphatic hydroxyl groups excluding tert-OH is 1. The Labute approximate surface area is 122 Å². The fourth-order valence-electron chi connectivity index (χ4n) is 2.74. The predicted octanol–water partition coefficient (Wildman–Crippen LogP) is 3.57. The highest BCUT2D eigenvalue weighted by Crippen LogP contribution is 2.34. The minimum atomic E-state index is -0.848. The average Bonchev–Trinajstić information content (AvgIpc) is 2.45. The van der Waals surface area contributed by atoms with Gasteiger partial charge in [0.1, 0.15) is 17.4 Å². The number of fused-ring (bicyclic) bond motifs is 1. The van der Waals surface area contributed by atoms with Crippen molar-refractivity contribution in [2.75, 3.05) is 6.61 Å². The van der Waals surface area contributed by atoms with Crippen LogP contribution in [-0.4, -0.2) is 11.7 Å². The smallest absolute Gasteiger partial charge is 0.128 e. The van der Waals surface area contributed by atoms with Gasteiger partial charge in [0.15, 0.2) is 0 Å². The van der Waals surface area contributed by atoms with Gasteiger partial charge in [-0.2, -0.15) is 0 Å². The van der Waals surface area contributed by atoms with E-state index in [2.05, 4.69) is 0 Å². The van der Waals surface area contributed by atoms with Crippen molar-refractivity contribution in [1.82, 2.24) is 0 Å². The monoisotopic (exact) mass is 290 g/mol. The van der Waals surface area contributed by atoms with Crippen LogP contribution in [0.5, 0.6) is 5.75 Å². The van der Waals surface area contributed by atoms with E-state index in [1.165, 1.54) is 12.1 Å². The molecule has 0 bridgehead atoms. The van der Waals surface area contributed by atoms with Gasteiger partial charge in [-0.15, -0.1) is 0 Å². The molecule has 1 aliphatic rings. The molecule has 1 aliphatic heterocycles. The van der Waals surface area contributed by atoms with Gasteiger partial charge in [0.2, 0.25) is 0 Å². The normalized spacial score (nSPS) is 15.2. The van der Waals surface area contributed by atoms with Gasteiger partial charge in [-0.1, -0.05) is 18.2 Å². The predicted molar refractivity (Wildman–Crippen MR) is 75.3 cm³/mol. The molecule has 0 aliphatic carbocycles. The molecule has 1 unspecified atom stereocenters. The van der Waals surface area contributed by atoms with Gasteiger partial charge in [-0.25, -0.2) is 8.78 Å². The number of aryl methyl sites for hydroxylation is 1. The van der Waals surface area contributed by atoms with Crippen LogP contribution < -0.4 is 4.74 Å². The topological polar surface area (TPSA) is 29.5 Å². The maximum absolute atomic E-state index is 13.2. The fraction of sp³-hybridized carbons (Fsp3) is 0.294. The molecule has 0 amide bonds. The molecule has 0 saturated carbocycles. The third-order valence-corrected chi connectivity index (χ3v) is 3.67. The number of hydrogen-bond donors (Lipinski definition) is 1. The molecular weight excluding hydrogens is 274 g/mol. The highest BCUT2D eigenvalue weighted by atomic mass is 19.1. The van der Waals surface area contributed by atoms with Crippen LogP contribution in [0.1, 0.15) is 29.2 Å². The van der Waals surface area contributed by atoms with E-state index in [0.29, 0.717) is 23.5 Å². The maximum atomic E-state index is 13.2. The van der Waals surface area contributed by atoms with Crippen LogP contribution >= 0.6 is 0 Å². The molecule has 3 rings (SSSR count). The molecule has 21 heavy (non-hydrogen) atoms. The minimum Gasteiger partial charge on any atom is -0.493 e. The van der Waals surface area contributed by atoms with Crippen LogP contribution in [-0.2, 0) is 12.8 Å². The summed E-state index contributed by atoms with van der Waals surface area (Å²) < 4.78 is 32.1. The van der Waals surface area contributed by atoms with Gasteiger partial charge < -0.3 is 9.84 Å². The maximum Gasteiger partial charge on any atom is 0.128 e. The summed E-state index contributed by atoms with van der Waals surface area (Å²) in [6, 6.07) is 8.95. The lowest BCUT2D eigenvalue weighted by atomic mass is 9.96. The number of rotatable bonds is 3. The van der Waals surface area contributed by atoms with Crippen LogP contribution in [0.4, 0.5) is 8.78 Å². The van der Waals surface area contributed by atoms with Gasteiger partial charge >= 0.3 is 0 Å². The molecule has 0 aromatic heterocycles. The molecule has 2 nitrogen and oxygen atoms in total. The van der Waals surface area contributed by atoms with Gasteiger partial charge in [0.25, 0.3) is 0 Å². The summed E-state index contributed by atoms with van der Waals surface area (Å²) in [6.07, 6.45) is 1.18. The van der Waals surface area contributed by atoms with Crippen molar-refractivity contribution in [3.63, 3.8) is 0 Å². The van der Waals surface area contributed by atoms with E-state index < -0.39 is 17.7 Å². The molecule has 4 heteroatoms. The second-order valence-corrected chi connectivity index (χ2v) is 5.29. The fourth-order valence-corrected chi connectivity index (χ4v) is 2.74. The number of hydrogen-bond acceptors (Lipinski definition) is 2. The number of aliphatic hydroxyl groups is 1. The van der Waals surface area contributed by atoms with Crippen molar-refractivity contribution in [2.24, 2.45) is 0 Å². The molecule has 0 saturated heterocycles. The Kier molecular flexibility index (Phi) is 3.88. The lowest BCUT2D eigenvalue weighted by Gasteiger charge is -2.22. The summed E-state index contributed by atoms with van der Waals surface area (Å²) in [6.45, 7) is 0.630. The van der Waals surface area contributed by atoms with Crippen LogP contribution in [0.2, 0.25) is 0 Å². The SMILES string of the molecule is OC(Cc1cc(F)cc(F)c1)c1cccc2c1OCCC2. The largest absolute Gasteiger partial charge is 0.493 e. The van der Waals surface area contributed by atoms with E-state index in [-0.39, 0.29) is 6.42 Å². The van der Waals surface area contributed by atoms with Gasteiger partial charge in [0, 0.05) is 18.1 Å². The molecule has 0 radical (unpaired) electrons. The molecule has 1 N–H and O–H groups in total. The van der Waals surface area contributed by atoms with Crippen molar-refractivity contribution in [1.29, 1.82) is 0 Å². The molecule has 2 aromatic rings. The molecule has 0 spiro atoms. The van der Waals surface area contributed by atoms with Crippen LogP contribution in [0, 0.1) is 11.6 Å².